The number of benzene rings is 1. The van der Waals surface area contributed by atoms with Gasteiger partial charge in [-0.3, -0.25) is 4.79 Å². The minimum Gasteiger partial charge on any atom is -0.335 e. The van der Waals surface area contributed by atoms with E-state index in [2.05, 4.69) is 22.9 Å². The van der Waals surface area contributed by atoms with Gasteiger partial charge in [0.1, 0.15) is 5.82 Å². The second-order valence-corrected chi connectivity index (χ2v) is 7.26. The zero-order valence-electron chi connectivity index (χ0n) is 12.3. The predicted octanol–water partition coefficient (Wildman–Crippen LogP) is 4.63. The highest BCUT2D eigenvalue weighted by atomic mass is 79.9. The van der Waals surface area contributed by atoms with Crippen molar-refractivity contribution in [3.05, 3.63) is 34.1 Å². The Morgan fingerprint density at radius 3 is 2.81 bits per heavy atom. The molecule has 1 aromatic carbocycles. The molecule has 0 spiro atoms. The molecule has 0 N–H and O–H groups in total. The zero-order chi connectivity index (χ0) is 15.0. The molecule has 3 unspecified atom stereocenters. The average molecular weight is 354 g/mol. The summed E-state index contributed by atoms with van der Waals surface area (Å²) in [5.74, 6) is 0.939. The lowest BCUT2D eigenvalue weighted by molar-refractivity contribution is 0.0217. The maximum Gasteiger partial charge on any atom is 0.254 e. The molecule has 4 heteroatoms. The molecule has 1 amide bonds. The number of hydrogen-bond acceptors (Lipinski definition) is 1. The quantitative estimate of drug-likeness (QED) is 0.720. The summed E-state index contributed by atoms with van der Waals surface area (Å²) in [6.45, 7) is 3.11. The van der Waals surface area contributed by atoms with Gasteiger partial charge in [-0.15, -0.1) is 0 Å². The highest BCUT2D eigenvalue weighted by molar-refractivity contribution is 9.10. The number of halogens is 2. The van der Waals surface area contributed by atoms with Gasteiger partial charge in [0.25, 0.3) is 5.91 Å². The molecule has 0 radical (unpaired) electrons. The first-order valence-electron chi connectivity index (χ1n) is 7.84. The van der Waals surface area contributed by atoms with Crippen LogP contribution in [0.2, 0.25) is 0 Å². The third kappa shape index (κ3) is 2.87. The second kappa shape index (κ2) is 6.07. The minimum absolute atomic E-state index is 0.00907. The van der Waals surface area contributed by atoms with Crippen molar-refractivity contribution in [1.29, 1.82) is 0 Å². The molecule has 1 aliphatic heterocycles. The molecule has 1 heterocycles. The van der Waals surface area contributed by atoms with E-state index in [-0.39, 0.29) is 11.7 Å². The van der Waals surface area contributed by atoms with Crippen LogP contribution in [0.5, 0.6) is 0 Å². The first-order valence-corrected chi connectivity index (χ1v) is 8.63. The largest absolute Gasteiger partial charge is 0.335 e. The minimum atomic E-state index is -0.369. The standard InChI is InChI=1S/C17H21BrFNO/c1-11-8-9-20(16-5-3-2-4-13(11)16)17(21)12-6-7-14(18)15(19)10-12/h6-7,10-11,13,16H,2-5,8-9H2,1H3. The van der Waals surface area contributed by atoms with E-state index in [1.165, 1.54) is 25.3 Å². The smallest absolute Gasteiger partial charge is 0.254 e. The summed E-state index contributed by atoms with van der Waals surface area (Å²) >= 11 is 3.14. The highest BCUT2D eigenvalue weighted by Crippen LogP contribution is 2.39. The molecule has 2 aliphatic rings. The molecule has 0 aromatic heterocycles. The van der Waals surface area contributed by atoms with E-state index in [0.717, 1.165) is 19.4 Å². The zero-order valence-corrected chi connectivity index (χ0v) is 13.9. The molecular weight excluding hydrogens is 333 g/mol. The summed E-state index contributed by atoms with van der Waals surface area (Å²) in [5.41, 5.74) is 0.467. The van der Waals surface area contributed by atoms with Gasteiger partial charge < -0.3 is 4.90 Å². The van der Waals surface area contributed by atoms with Gasteiger partial charge in [0.05, 0.1) is 4.47 Å². The van der Waals surface area contributed by atoms with Crippen LogP contribution < -0.4 is 0 Å². The van der Waals surface area contributed by atoms with Gasteiger partial charge in [0, 0.05) is 18.2 Å². The van der Waals surface area contributed by atoms with Gasteiger partial charge in [-0.05, 0) is 65.2 Å². The van der Waals surface area contributed by atoms with Crippen LogP contribution in [0.25, 0.3) is 0 Å². The van der Waals surface area contributed by atoms with E-state index in [1.54, 1.807) is 12.1 Å². The molecule has 21 heavy (non-hydrogen) atoms. The van der Waals surface area contributed by atoms with Crippen molar-refractivity contribution in [2.24, 2.45) is 11.8 Å². The van der Waals surface area contributed by atoms with E-state index >= 15 is 0 Å². The van der Waals surface area contributed by atoms with Gasteiger partial charge >= 0.3 is 0 Å². The Bertz CT molecular complexity index is 548. The number of piperidine rings is 1. The van der Waals surface area contributed by atoms with Crippen molar-refractivity contribution in [2.75, 3.05) is 6.54 Å². The fourth-order valence-corrected chi connectivity index (χ4v) is 4.21. The van der Waals surface area contributed by atoms with Crippen LogP contribution in [0.3, 0.4) is 0 Å². The number of rotatable bonds is 1. The SMILES string of the molecule is CC1CCN(C(=O)c2ccc(Br)c(F)c2)C2CCCCC12. The van der Waals surface area contributed by atoms with Crippen LogP contribution in [0.4, 0.5) is 4.39 Å². The molecule has 0 bridgehead atoms. The molecule has 1 saturated heterocycles. The lowest BCUT2D eigenvalue weighted by Crippen LogP contribution is -2.52. The normalized spacial score (nSPS) is 29.1. The average Bonchev–Trinajstić information content (AvgIpc) is 2.50. The van der Waals surface area contributed by atoms with Crippen LogP contribution in [0.15, 0.2) is 22.7 Å². The molecule has 1 aromatic rings. The van der Waals surface area contributed by atoms with Crippen molar-refractivity contribution in [2.45, 2.75) is 45.1 Å². The van der Waals surface area contributed by atoms with Crippen LogP contribution >= 0.6 is 15.9 Å². The molecule has 114 valence electrons. The number of likely N-dealkylation sites (tertiary alicyclic amines) is 1. The predicted molar refractivity (Wildman–Crippen MR) is 84.7 cm³/mol. The Morgan fingerprint density at radius 1 is 1.29 bits per heavy atom. The van der Waals surface area contributed by atoms with Gasteiger partial charge in [-0.2, -0.15) is 0 Å². The molecule has 3 rings (SSSR count). The summed E-state index contributed by atoms with van der Waals surface area (Å²) < 4.78 is 14.1. The van der Waals surface area contributed by atoms with Gasteiger partial charge in [-0.1, -0.05) is 19.8 Å². The Morgan fingerprint density at radius 2 is 2.05 bits per heavy atom. The number of carbonyl (C=O) groups is 1. The van der Waals surface area contributed by atoms with Crippen LogP contribution in [-0.4, -0.2) is 23.4 Å². The van der Waals surface area contributed by atoms with E-state index in [1.807, 2.05) is 4.90 Å². The first kappa shape index (κ1) is 15.0. The van der Waals surface area contributed by atoms with Gasteiger partial charge in [-0.25, -0.2) is 4.39 Å². The fourth-order valence-electron chi connectivity index (χ4n) is 3.96. The van der Waals surface area contributed by atoms with Crippen molar-refractivity contribution in [3.63, 3.8) is 0 Å². The third-order valence-electron chi connectivity index (χ3n) is 5.17. The number of hydrogen-bond donors (Lipinski definition) is 0. The van der Waals surface area contributed by atoms with Crippen LogP contribution in [-0.2, 0) is 0 Å². The molecule has 3 atom stereocenters. The van der Waals surface area contributed by atoms with E-state index in [9.17, 15) is 9.18 Å². The van der Waals surface area contributed by atoms with Crippen LogP contribution in [0.1, 0.15) is 49.4 Å². The Kier molecular flexibility index (Phi) is 4.34. The Labute approximate surface area is 133 Å². The summed E-state index contributed by atoms with van der Waals surface area (Å²) in [4.78, 5) is 14.8. The second-order valence-electron chi connectivity index (χ2n) is 6.41. The van der Waals surface area contributed by atoms with Gasteiger partial charge in [0.15, 0.2) is 0 Å². The number of fused-ring (bicyclic) bond motifs is 1. The van der Waals surface area contributed by atoms with Crippen LogP contribution in [0, 0.1) is 17.7 Å². The van der Waals surface area contributed by atoms with Crippen molar-refractivity contribution >= 4 is 21.8 Å². The van der Waals surface area contributed by atoms with E-state index < -0.39 is 0 Å². The van der Waals surface area contributed by atoms with E-state index in [0.29, 0.717) is 27.9 Å². The molecular formula is C17H21BrFNO. The lowest BCUT2D eigenvalue weighted by Gasteiger charge is -2.47. The summed E-state index contributed by atoms with van der Waals surface area (Å²) in [6, 6.07) is 5.03. The van der Waals surface area contributed by atoms with Gasteiger partial charge in [0.2, 0.25) is 0 Å². The maximum atomic E-state index is 13.7. The monoisotopic (exact) mass is 353 g/mol. The number of amides is 1. The Hall–Kier alpha value is -0.900. The molecule has 2 fully saturated rings. The third-order valence-corrected chi connectivity index (χ3v) is 5.81. The topological polar surface area (TPSA) is 20.3 Å². The first-order chi connectivity index (χ1) is 10.1. The molecule has 2 nitrogen and oxygen atoms in total. The lowest BCUT2D eigenvalue weighted by atomic mass is 9.72. The van der Waals surface area contributed by atoms with Crippen molar-refractivity contribution in [1.82, 2.24) is 4.90 Å². The highest BCUT2D eigenvalue weighted by Gasteiger charge is 2.39. The van der Waals surface area contributed by atoms with Crippen molar-refractivity contribution < 1.29 is 9.18 Å². The molecule has 1 saturated carbocycles. The summed E-state index contributed by atoms with van der Waals surface area (Å²) in [5, 5.41) is 0. The maximum absolute atomic E-state index is 13.7. The number of carbonyl (C=O) groups excluding carboxylic acids is 1. The summed E-state index contributed by atoms with van der Waals surface area (Å²) in [6.07, 6.45) is 5.86. The van der Waals surface area contributed by atoms with Crippen molar-refractivity contribution in [3.8, 4) is 0 Å². The van der Waals surface area contributed by atoms with E-state index in [4.69, 9.17) is 0 Å². The number of nitrogens with zero attached hydrogens (tertiary/aromatic N) is 1. The summed E-state index contributed by atoms with van der Waals surface area (Å²) in [7, 11) is 0. The fraction of sp³-hybridized carbons (Fsp3) is 0.588. The Balaban J connectivity index is 1.84. The molecule has 1 aliphatic carbocycles.